The molecule has 2 aromatic rings. The van der Waals surface area contributed by atoms with Crippen molar-refractivity contribution in [1.82, 2.24) is 4.57 Å². The van der Waals surface area contributed by atoms with E-state index < -0.39 is 0 Å². The fourth-order valence-electron chi connectivity index (χ4n) is 2.72. The van der Waals surface area contributed by atoms with E-state index in [-0.39, 0.29) is 11.4 Å². The number of aromatic hydroxyl groups is 1. The van der Waals surface area contributed by atoms with E-state index in [0.29, 0.717) is 13.0 Å². The molecule has 0 fully saturated rings. The molecule has 0 atom stereocenters. The van der Waals surface area contributed by atoms with E-state index >= 15 is 0 Å². The fraction of sp³-hybridized carbons (Fsp3) is 0.421. The van der Waals surface area contributed by atoms with Gasteiger partial charge in [0.25, 0.3) is 5.56 Å². The van der Waals surface area contributed by atoms with Gasteiger partial charge in [0.15, 0.2) is 5.88 Å². The van der Waals surface area contributed by atoms with Crippen LogP contribution in [-0.4, -0.2) is 9.67 Å². The summed E-state index contributed by atoms with van der Waals surface area (Å²) < 4.78 is 1.47. The van der Waals surface area contributed by atoms with Crippen LogP contribution in [0, 0.1) is 6.92 Å². The second-order valence-electron chi connectivity index (χ2n) is 5.84. The molecule has 0 radical (unpaired) electrons. The molecule has 3 heteroatoms. The number of hydrogen-bond acceptors (Lipinski definition) is 2. The van der Waals surface area contributed by atoms with Crippen molar-refractivity contribution < 1.29 is 5.11 Å². The van der Waals surface area contributed by atoms with E-state index in [9.17, 15) is 9.90 Å². The summed E-state index contributed by atoms with van der Waals surface area (Å²) in [7, 11) is 0. The van der Waals surface area contributed by atoms with Crippen molar-refractivity contribution in [1.29, 1.82) is 0 Å². The average molecular weight is 299 g/mol. The molecule has 118 valence electrons. The summed E-state index contributed by atoms with van der Waals surface area (Å²) in [5, 5.41) is 10.3. The van der Waals surface area contributed by atoms with Gasteiger partial charge in [-0.2, -0.15) is 0 Å². The van der Waals surface area contributed by atoms with Gasteiger partial charge in [0.2, 0.25) is 0 Å². The molecule has 0 amide bonds. The first kappa shape index (κ1) is 16.3. The molecular weight excluding hydrogens is 274 g/mol. The van der Waals surface area contributed by atoms with Crippen LogP contribution in [0.5, 0.6) is 5.88 Å². The second-order valence-corrected chi connectivity index (χ2v) is 5.84. The first-order valence-electron chi connectivity index (χ1n) is 8.06. The predicted octanol–water partition coefficient (Wildman–Crippen LogP) is 3.82. The molecule has 0 bridgehead atoms. The third kappa shape index (κ3) is 3.59. The number of rotatable bonds is 6. The Hall–Kier alpha value is -2.03. The lowest BCUT2D eigenvalue weighted by molar-refractivity contribution is 0.412. The molecule has 0 saturated carbocycles. The first-order valence-corrected chi connectivity index (χ1v) is 8.06. The zero-order chi connectivity index (χ0) is 16.1. The Balaban J connectivity index is 2.39. The number of unbranched alkanes of at least 4 members (excludes halogenated alkanes) is 1. The van der Waals surface area contributed by atoms with Crippen molar-refractivity contribution in [2.75, 3.05) is 0 Å². The second kappa shape index (κ2) is 7.30. The van der Waals surface area contributed by atoms with Crippen LogP contribution < -0.4 is 5.56 Å². The molecule has 22 heavy (non-hydrogen) atoms. The molecular formula is C19H25NO2. The summed E-state index contributed by atoms with van der Waals surface area (Å²) in [6.07, 6.45) is 3.67. The number of aromatic nitrogens is 1. The molecule has 3 nitrogen and oxygen atoms in total. The SMILES string of the molecule is CCCCc1cc(O)n(Cc2ccc(C)cc2)c(=O)c1CC. The molecule has 1 heterocycles. The maximum atomic E-state index is 12.7. The highest BCUT2D eigenvalue weighted by Gasteiger charge is 2.13. The maximum absolute atomic E-state index is 12.7. The maximum Gasteiger partial charge on any atom is 0.257 e. The van der Waals surface area contributed by atoms with Crippen molar-refractivity contribution in [3.63, 3.8) is 0 Å². The average Bonchev–Trinajstić information content (AvgIpc) is 2.51. The minimum Gasteiger partial charge on any atom is -0.494 e. The predicted molar refractivity (Wildman–Crippen MR) is 90.6 cm³/mol. The molecule has 2 rings (SSSR count). The standard InChI is InChI=1S/C19H25NO2/c1-4-6-7-16-12-18(21)20(19(22)17(16)5-2)13-15-10-8-14(3)9-11-15/h8-12,21H,4-7,13H2,1-3H3. The van der Waals surface area contributed by atoms with Gasteiger partial charge in [0.1, 0.15) is 0 Å². The fourth-order valence-corrected chi connectivity index (χ4v) is 2.72. The lowest BCUT2D eigenvalue weighted by Crippen LogP contribution is -2.25. The van der Waals surface area contributed by atoms with Gasteiger partial charge >= 0.3 is 0 Å². The number of benzene rings is 1. The Bertz CT molecular complexity index is 684. The van der Waals surface area contributed by atoms with Gasteiger partial charge in [-0.25, -0.2) is 0 Å². The summed E-state index contributed by atoms with van der Waals surface area (Å²) in [5.41, 5.74) is 3.97. The third-order valence-corrected chi connectivity index (χ3v) is 4.09. The van der Waals surface area contributed by atoms with Crippen LogP contribution in [0.25, 0.3) is 0 Å². The van der Waals surface area contributed by atoms with Crippen molar-refractivity contribution >= 4 is 0 Å². The van der Waals surface area contributed by atoms with Gasteiger partial charge in [-0.15, -0.1) is 0 Å². The van der Waals surface area contributed by atoms with Crippen LogP contribution in [0.4, 0.5) is 0 Å². The van der Waals surface area contributed by atoms with Gasteiger partial charge in [0.05, 0.1) is 6.54 Å². The minimum atomic E-state index is -0.0609. The zero-order valence-corrected chi connectivity index (χ0v) is 13.7. The summed E-state index contributed by atoms with van der Waals surface area (Å²) >= 11 is 0. The van der Waals surface area contributed by atoms with Gasteiger partial charge in [0, 0.05) is 11.6 Å². The molecule has 1 aromatic heterocycles. The number of aryl methyl sites for hydroxylation is 2. The van der Waals surface area contributed by atoms with Crippen LogP contribution in [0.2, 0.25) is 0 Å². The van der Waals surface area contributed by atoms with Crippen molar-refractivity contribution in [2.24, 2.45) is 0 Å². The van der Waals surface area contributed by atoms with Crippen LogP contribution in [-0.2, 0) is 19.4 Å². The van der Waals surface area contributed by atoms with E-state index in [0.717, 1.165) is 36.0 Å². The van der Waals surface area contributed by atoms with Crippen molar-refractivity contribution in [3.8, 4) is 5.88 Å². The van der Waals surface area contributed by atoms with E-state index in [4.69, 9.17) is 0 Å². The van der Waals surface area contributed by atoms with Crippen LogP contribution in [0.15, 0.2) is 35.1 Å². The van der Waals surface area contributed by atoms with Crippen LogP contribution in [0.3, 0.4) is 0 Å². The monoisotopic (exact) mass is 299 g/mol. The molecule has 0 saturated heterocycles. The highest BCUT2D eigenvalue weighted by Crippen LogP contribution is 2.18. The van der Waals surface area contributed by atoms with Crippen LogP contribution >= 0.6 is 0 Å². The smallest absolute Gasteiger partial charge is 0.257 e. The Labute approximate surface area is 132 Å². The zero-order valence-electron chi connectivity index (χ0n) is 13.7. The Morgan fingerprint density at radius 3 is 2.41 bits per heavy atom. The van der Waals surface area contributed by atoms with Gasteiger partial charge in [-0.05, 0) is 37.3 Å². The molecule has 0 aliphatic rings. The lowest BCUT2D eigenvalue weighted by atomic mass is 10.0. The first-order chi connectivity index (χ1) is 10.6. The third-order valence-electron chi connectivity index (χ3n) is 4.09. The molecule has 1 aromatic carbocycles. The largest absolute Gasteiger partial charge is 0.494 e. The molecule has 0 spiro atoms. The summed E-state index contributed by atoms with van der Waals surface area (Å²) in [6.45, 7) is 6.57. The normalized spacial score (nSPS) is 10.9. The minimum absolute atomic E-state index is 0.0609. The summed E-state index contributed by atoms with van der Waals surface area (Å²) in [6, 6.07) is 9.81. The molecule has 0 aliphatic carbocycles. The van der Waals surface area contributed by atoms with Gasteiger partial charge in [-0.3, -0.25) is 9.36 Å². The van der Waals surface area contributed by atoms with Crippen molar-refractivity contribution in [3.05, 3.63) is 62.9 Å². The van der Waals surface area contributed by atoms with Gasteiger partial charge < -0.3 is 5.11 Å². The van der Waals surface area contributed by atoms with E-state index in [1.54, 1.807) is 6.07 Å². The number of nitrogens with zero attached hydrogens (tertiary/aromatic N) is 1. The highest BCUT2D eigenvalue weighted by atomic mass is 16.3. The number of hydrogen-bond donors (Lipinski definition) is 1. The highest BCUT2D eigenvalue weighted by molar-refractivity contribution is 5.32. The number of pyridine rings is 1. The molecule has 1 N–H and O–H groups in total. The Morgan fingerprint density at radius 1 is 1.14 bits per heavy atom. The topological polar surface area (TPSA) is 42.2 Å². The quantitative estimate of drug-likeness (QED) is 0.881. The molecule has 0 unspecified atom stereocenters. The van der Waals surface area contributed by atoms with Crippen molar-refractivity contribution in [2.45, 2.75) is 53.0 Å². The summed E-state index contributed by atoms with van der Waals surface area (Å²) in [4.78, 5) is 12.7. The van der Waals surface area contributed by atoms with Gasteiger partial charge in [-0.1, -0.05) is 50.1 Å². The Kier molecular flexibility index (Phi) is 5.42. The van der Waals surface area contributed by atoms with E-state index in [2.05, 4.69) is 6.92 Å². The van der Waals surface area contributed by atoms with E-state index in [1.165, 1.54) is 10.1 Å². The van der Waals surface area contributed by atoms with Crippen LogP contribution in [0.1, 0.15) is 48.9 Å². The molecule has 0 aliphatic heterocycles. The summed E-state index contributed by atoms with van der Waals surface area (Å²) in [5.74, 6) is 0.0638. The lowest BCUT2D eigenvalue weighted by Gasteiger charge is -2.14. The van der Waals surface area contributed by atoms with E-state index in [1.807, 2.05) is 38.1 Å². The Morgan fingerprint density at radius 2 is 1.82 bits per heavy atom.